The molecule has 0 amide bonds. The monoisotopic (exact) mass is 253 g/mol. The number of nitrogens with one attached hydrogen (secondary N) is 1. The van der Waals surface area contributed by atoms with Crippen molar-refractivity contribution < 1.29 is 9.15 Å². The third kappa shape index (κ3) is 3.46. The molecule has 2 rings (SSSR count). The van der Waals surface area contributed by atoms with E-state index in [1.807, 2.05) is 0 Å². The van der Waals surface area contributed by atoms with Crippen LogP contribution >= 0.6 is 0 Å². The number of rotatable bonds is 6. The van der Waals surface area contributed by atoms with E-state index in [1.165, 1.54) is 12.8 Å². The van der Waals surface area contributed by atoms with Crippen molar-refractivity contribution in [3.63, 3.8) is 0 Å². The molecule has 102 valence electrons. The second kappa shape index (κ2) is 6.75. The molecule has 0 spiro atoms. The van der Waals surface area contributed by atoms with Crippen LogP contribution in [0.5, 0.6) is 0 Å². The summed E-state index contributed by atoms with van der Waals surface area (Å²) in [7, 11) is 1.76. The average molecular weight is 253 g/mol. The van der Waals surface area contributed by atoms with Crippen molar-refractivity contribution in [1.29, 1.82) is 0 Å². The first kappa shape index (κ1) is 13.4. The van der Waals surface area contributed by atoms with E-state index in [0.29, 0.717) is 5.92 Å². The topological polar surface area (TPSA) is 50.5 Å². The molecule has 0 aliphatic carbocycles. The number of hydrogen-bond acceptors (Lipinski definition) is 5. The third-order valence-corrected chi connectivity index (χ3v) is 3.29. The van der Waals surface area contributed by atoms with Gasteiger partial charge in [-0.05, 0) is 25.3 Å². The third-order valence-electron chi connectivity index (χ3n) is 3.29. The van der Waals surface area contributed by atoms with Crippen molar-refractivity contribution in [3.8, 4) is 0 Å². The molecular formula is C13H23N3O2. The highest BCUT2D eigenvalue weighted by Crippen LogP contribution is 2.22. The molecule has 1 N–H and O–H groups in total. The van der Waals surface area contributed by atoms with E-state index < -0.39 is 0 Å². The molecule has 2 heterocycles. The van der Waals surface area contributed by atoms with Crippen LogP contribution in [0.15, 0.2) is 10.7 Å². The molecule has 5 nitrogen and oxygen atoms in total. The zero-order valence-electron chi connectivity index (χ0n) is 11.3. The van der Waals surface area contributed by atoms with E-state index in [-0.39, 0.29) is 0 Å². The second-order valence-electron chi connectivity index (χ2n) is 4.81. The number of oxazole rings is 1. The zero-order valence-corrected chi connectivity index (χ0v) is 11.3. The first-order chi connectivity index (χ1) is 8.83. The van der Waals surface area contributed by atoms with Crippen LogP contribution in [0.25, 0.3) is 0 Å². The van der Waals surface area contributed by atoms with Crippen LogP contribution in [0.2, 0.25) is 0 Å². The molecular weight excluding hydrogens is 230 g/mol. The highest BCUT2D eigenvalue weighted by molar-refractivity contribution is 5.27. The van der Waals surface area contributed by atoms with Crippen molar-refractivity contribution in [3.05, 3.63) is 12.0 Å². The standard InChI is InChI=1S/C13H23N3O2/c1-3-14-7-12-10-18-13(15-12)16-6-4-5-11(8-16)9-17-2/h10-11,14H,3-9H2,1-2H3. The van der Waals surface area contributed by atoms with Gasteiger partial charge in [0.1, 0.15) is 6.26 Å². The summed E-state index contributed by atoms with van der Waals surface area (Å²) in [6, 6.07) is 0.753. The van der Waals surface area contributed by atoms with Crippen LogP contribution in [0.4, 0.5) is 6.01 Å². The van der Waals surface area contributed by atoms with Crippen LogP contribution in [0.3, 0.4) is 0 Å². The van der Waals surface area contributed by atoms with Gasteiger partial charge < -0.3 is 19.4 Å². The van der Waals surface area contributed by atoms with Gasteiger partial charge in [-0.2, -0.15) is 4.98 Å². The zero-order chi connectivity index (χ0) is 12.8. The van der Waals surface area contributed by atoms with Gasteiger partial charge in [0.05, 0.1) is 12.3 Å². The first-order valence-electron chi connectivity index (χ1n) is 6.72. The Balaban J connectivity index is 1.91. The lowest BCUT2D eigenvalue weighted by molar-refractivity contribution is 0.142. The molecule has 0 aromatic carbocycles. The van der Waals surface area contributed by atoms with Crippen molar-refractivity contribution >= 4 is 6.01 Å². The maximum absolute atomic E-state index is 5.56. The smallest absolute Gasteiger partial charge is 0.297 e. The highest BCUT2D eigenvalue weighted by Gasteiger charge is 2.22. The molecule has 1 aliphatic heterocycles. The Morgan fingerprint density at radius 2 is 2.50 bits per heavy atom. The summed E-state index contributed by atoms with van der Waals surface area (Å²) in [6.07, 6.45) is 4.16. The quantitative estimate of drug-likeness (QED) is 0.835. The van der Waals surface area contributed by atoms with Gasteiger partial charge in [-0.25, -0.2) is 0 Å². The molecule has 0 bridgehead atoms. The molecule has 1 aromatic rings. The Labute approximate surface area is 109 Å². The predicted octanol–water partition coefficient (Wildman–Crippen LogP) is 1.65. The summed E-state index contributed by atoms with van der Waals surface area (Å²) in [5.41, 5.74) is 0.973. The number of hydrogen-bond donors (Lipinski definition) is 1. The molecule has 18 heavy (non-hydrogen) atoms. The largest absolute Gasteiger partial charge is 0.432 e. The Kier molecular flexibility index (Phi) is 5.01. The SMILES string of the molecule is CCNCc1coc(N2CCCC(COC)C2)n1. The van der Waals surface area contributed by atoms with E-state index in [0.717, 1.165) is 44.5 Å². The highest BCUT2D eigenvalue weighted by atomic mass is 16.5. The first-order valence-corrected chi connectivity index (χ1v) is 6.72. The summed E-state index contributed by atoms with van der Waals surface area (Å²) in [5, 5.41) is 3.25. The fraction of sp³-hybridized carbons (Fsp3) is 0.769. The summed E-state index contributed by atoms with van der Waals surface area (Å²) < 4.78 is 10.8. The van der Waals surface area contributed by atoms with Gasteiger partial charge in [0.25, 0.3) is 6.01 Å². The fourth-order valence-corrected chi connectivity index (χ4v) is 2.39. The average Bonchev–Trinajstić information content (AvgIpc) is 2.86. The Hall–Kier alpha value is -1.07. The van der Waals surface area contributed by atoms with Gasteiger partial charge in [0, 0.05) is 26.7 Å². The van der Waals surface area contributed by atoms with Crippen molar-refractivity contribution in [2.45, 2.75) is 26.3 Å². The predicted molar refractivity (Wildman–Crippen MR) is 70.7 cm³/mol. The molecule has 1 aromatic heterocycles. The van der Waals surface area contributed by atoms with Gasteiger partial charge in [-0.15, -0.1) is 0 Å². The summed E-state index contributed by atoms with van der Waals surface area (Å²) in [4.78, 5) is 6.75. The number of methoxy groups -OCH3 is 1. The van der Waals surface area contributed by atoms with Crippen molar-refractivity contribution in [2.75, 3.05) is 38.3 Å². The van der Waals surface area contributed by atoms with E-state index in [4.69, 9.17) is 9.15 Å². The summed E-state index contributed by atoms with van der Waals surface area (Å²) in [6.45, 7) is 6.63. The minimum absolute atomic E-state index is 0.591. The molecule has 1 aliphatic rings. The second-order valence-corrected chi connectivity index (χ2v) is 4.81. The minimum Gasteiger partial charge on any atom is -0.432 e. The van der Waals surface area contributed by atoms with E-state index in [9.17, 15) is 0 Å². The summed E-state index contributed by atoms with van der Waals surface area (Å²) >= 11 is 0. The lowest BCUT2D eigenvalue weighted by Gasteiger charge is -2.31. The van der Waals surface area contributed by atoms with Crippen molar-refractivity contribution in [1.82, 2.24) is 10.3 Å². The van der Waals surface area contributed by atoms with Crippen molar-refractivity contribution in [2.24, 2.45) is 5.92 Å². The minimum atomic E-state index is 0.591. The van der Waals surface area contributed by atoms with Crippen LogP contribution < -0.4 is 10.2 Å². The number of anilines is 1. The van der Waals surface area contributed by atoms with Gasteiger partial charge >= 0.3 is 0 Å². The molecule has 5 heteroatoms. The fourth-order valence-electron chi connectivity index (χ4n) is 2.39. The van der Waals surface area contributed by atoms with Crippen LogP contribution in [-0.2, 0) is 11.3 Å². The molecule has 0 radical (unpaired) electrons. The van der Waals surface area contributed by atoms with Crippen LogP contribution in [-0.4, -0.2) is 38.3 Å². The van der Waals surface area contributed by atoms with Crippen LogP contribution in [0.1, 0.15) is 25.5 Å². The van der Waals surface area contributed by atoms with E-state index in [2.05, 4.69) is 22.1 Å². The summed E-state index contributed by atoms with van der Waals surface area (Å²) in [5.74, 6) is 0.591. The maximum atomic E-state index is 5.56. The normalized spacial score (nSPS) is 20.3. The number of nitrogens with zero attached hydrogens (tertiary/aromatic N) is 2. The lowest BCUT2D eigenvalue weighted by Crippen LogP contribution is -2.37. The van der Waals surface area contributed by atoms with Gasteiger partial charge in [-0.3, -0.25) is 0 Å². The Morgan fingerprint density at radius 1 is 1.61 bits per heavy atom. The molecule has 1 fully saturated rings. The van der Waals surface area contributed by atoms with E-state index in [1.54, 1.807) is 13.4 Å². The van der Waals surface area contributed by atoms with Gasteiger partial charge in [0.2, 0.25) is 0 Å². The molecule has 1 atom stereocenters. The molecule has 0 saturated carbocycles. The lowest BCUT2D eigenvalue weighted by atomic mass is 9.99. The molecule has 1 unspecified atom stereocenters. The Bertz CT molecular complexity index is 352. The maximum Gasteiger partial charge on any atom is 0.297 e. The van der Waals surface area contributed by atoms with Gasteiger partial charge in [0.15, 0.2) is 0 Å². The number of piperidine rings is 1. The molecule has 1 saturated heterocycles. The van der Waals surface area contributed by atoms with Crippen LogP contribution in [0, 0.1) is 5.92 Å². The number of aromatic nitrogens is 1. The number of ether oxygens (including phenoxy) is 1. The van der Waals surface area contributed by atoms with E-state index >= 15 is 0 Å². The Morgan fingerprint density at radius 3 is 3.28 bits per heavy atom. The van der Waals surface area contributed by atoms with Gasteiger partial charge in [-0.1, -0.05) is 6.92 Å².